The maximum Gasteiger partial charge on any atom is 0.338 e. The maximum absolute atomic E-state index is 12.1. The zero-order valence-electron chi connectivity index (χ0n) is 16.3. The molecule has 2 heterocycles. The average molecular weight is 404 g/mol. The molecule has 4 aromatic rings. The molecule has 0 spiro atoms. The number of aromatic nitrogens is 1. The first kappa shape index (κ1) is 19.2. The molecule has 4 nitrogen and oxygen atoms in total. The number of ether oxygens (including phenoxy) is 1. The van der Waals surface area contributed by atoms with Crippen LogP contribution in [0.15, 0.2) is 71.7 Å². The van der Waals surface area contributed by atoms with Gasteiger partial charge in [-0.2, -0.15) is 0 Å². The minimum absolute atomic E-state index is 0.00569. The second-order valence-electron chi connectivity index (χ2n) is 6.90. The fourth-order valence-corrected chi connectivity index (χ4v) is 4.64. The third-order valence-electron chi connectivity index (χ3n) is 4.81. The van der Waals surface area contributed by atoms with Crippen LogP contribution in [0.4, 0.5) is 0 Å². The van der Waals surface area contributed by atoms with Gasteiger partial charge in [0.05, 0.1) is 12.2 Å². The molecular formula is C24H21NO3S. The molecule has 0 aliphatic rings. The fraction of sp³-hybridized carbons (Fsp3) is 0.167. The minimum Gasteiger partial charge on any atom is -0.462 e. The van der Waals surface area contributed by atoms with Crippen molar-refractivity contribution in [2.75, 3.05) is 6.61 Å². The number of carbonyl (C=O) groups excluding carboxylic acids is 1. The fourth-order valence-electron chi connectivity index (χ4n) is 3.42. The van der Waals surface area contributed by atoms with E-state index in [-0.39, 0.29) is 11.5 Å². The van der Waals surface area contributed by atoms with Gasteiger partial charge in [-0.15, -0.1) is 11.3 Å². The minimum atomic E-state index is -0.303. The Labute approximate surface area is 173 Å². The first-order chi connectivity index (χ1) is 14.0. The van der Waals surface area contributed by atoms with E-state index < -0.39 is 0 Å². The van der Waals surface area contributed by atoms with E-state index >= 15 is 0 Å². The third kappa shape index (κ3) is 4.00. The molecule has 4 rings (SSSR count). The number of aryl methyl sites for hydroxylation is 1. The van der Waals surface area contributed by atoms with Crippen LogP contribution in [0.3, 0.4) is 0 Å². The lowest BCUT2D eigenvalue weighted by atomic mass is 10.0. The normalized spacial score (nSPS) is 11.0. The van der Waals surface area contributed by atoms with Crippen LogP contribution in [0, 0.1) is 0 Å². The van der Waals surface area contributed by atoms with Gasteiger partial charge in [0.2, 0.25) is 5.56 Å². The van der Waals surface area contributed by atoms with Crippen LogP contribution in [0.2, 0.25) is 0 Å². The standard InChI is InChI=1S/C24H21NO3S/c1-3-28-24(27)19-8-4-6-17(13-19)21-9-5-7-18-14-20(29-23(18)21)12-16-10-11-22(26)25(2)15-16/h4-11,13-15H,3,12H2,1-2H3. The highest BCUT2D eigenvalue weighted by Crippen LogP contribution is 2.36. The predicted octanol–water partition coefficient (Wildman–Crippen LogP) is 5.03. The third-order valence-corrected chi connectivity index (χ3v) is 5.99. The molecule has 2 aromatic carbocycles. The smallest absolute Gasteiger partial charge is 0.338 e. The Hall–Kier alpha value is -3.18. The Kier molecular flexibility index (Phi) is 5.32. The molecule has 0 radical (unpaired) electrons. The van der Waals surface area contributed by atoms with Crippen molar-refractivity contribution >= 4 is 27.4 Å². The lowest BCUT2D eigenvalue weighted by Gasteiger charge is -2.06. The largest absolute Gasteiger partial charge is 0.462 e. The summed E-state index contributed by atoms with van der Waals surface area (Å²) < 4.78 is 7.93. The zero-order chi connectivity index (χ0) is 20.4. The van der Waals surface area contributed by atoms with Gasteiger partial charge >= 0.3 is 5.97 Å². The molecule has 0 bridgehead atoms. The van der Waals surface area contributed by atoms with Gasteiger partial charge in [-0.1, -0.05) is 36.4 Å². The SMILES string of the molecule is CCOC(=O)c1cccc(-c2cccc3cc(Cc4ccc(=O)n(C)c4)sc23)c1. The molecule has 29 heavy (non-hydrogen) atoms. The van der Waals surface area contributed by atoms with E-state index in [0.29, 0.717) is 12.2 Å². The van der Waals surface area contributed by atoms with Gasteiger partial charge in [0.25, 0.3) is 0 Å². The van der Waals surface area contributed by atoms with Gasteiger partial charge in [0.15, 0.2) is 0 Å². The average Bonchev–Trinajstić information content (AvgIpc) is 3.13. The summed E-state index contributed by atoms with van der Waals surface area (Å²) in [6, 6.07) is 19.5. The number of pyridine rings is 1. The van der Waals surface area contributed by atoms with Crippen molar-refractivity contribution in [3.05, 3.63) is 93.2 Å². The van der Waals surface area contributed by atoms with E-state index in [1.165, 1.54) is 15.0 Å². The van der Waals surface area contributed by atoms with Gasteiger partial charge in [-0.05, 0) is 47.2 Å². The number of benzene rings is 2. The van der Waals surface area contributed by atoms with E-state index in [2.05, 4.69) is 18.2 Å². The maximum atomic E-state index is 12.1. The van der Waals surface area contributed by atoms with Crippen LogP contribution in [-0.4, -0.2) is 17.1 Å². The summed E-state index contributed by atoms with van der Waals surface area (Å²) in [5, 5.41) is 1.17. The van der Waals surface area contributed by atoms with Crippen molar-refractivity contribution in [1.29, 1.82) is 0 Å². The van der Waals surface area contributed by atoms with E-state index in [4.69, 9.17) is 4.74 Å². The number of nitrogens with zero attached hydrogens (tertiary/aromatic N) is 1. The highest BCUT2D eigenvalue weighted by atomic mass is 32.1. The quantitative estimate of drug-likeness (QED) is 0.439. The molecule has 0 aliphatic carbocycles. The van der Waals surface area contributed by atoms with Crippen LogP contribution in [-0.2, 0) is 18.2 Å². The molecule has 0 amide bonds. The molecule has 146 valence electrons. The van der Waals surface area contributed by atoms with Crippen LogP contribution in [0.5, 0.6) is 0 Å². The summed E-state index contributed by atoms with van der Waals surface area (Å²) in [5.41, 5.74) is 3.75. The van der Waals surface area contributed by atoms with Gasteiger partial charge in [0.1, 0.15) is 0 Å². The molecule has 5 heteroatoms. The zero-order valence-corrected chi connectivity index (χ0v) is 17.2. The van der Waals surface area contributed by atoms with Gasteiger partial charge in [-0.3, -0.25) is 4.79 Å². The van der Waals surface area contributed by atoms with Gasteiger partial charge in [-0.25, -0.2) is 4.79 Å². The van der Waals surface area contributed by atoms with Crippen molar-refractivity contribution < 1.29 is 9.53 Å². The number of fused-ring (bicyclic) bond motifs is 1. The number of hydrogen-bond donors (Lipinski definition) is 0. The monoisotopic (exact) mass is 403 g/mol. The second kappa shape index (κ2) is 8.05. The Morgan fingerprint density at radius 3 is 2.69 bits per heavy atom. The molecule has 0 fully saturated rings. The Bertz CT molecular complexity index is 1250. The van der Waals surface area contributed by atoms with E-state index in [0.717, 1.165) is 23.1 Å². The van der Waals surface area contributed by atoms with Crippen molar-refractivity contribution in [3.8, 4) is 11.1 Å². The first-order valence-electron chi connectivity index (χ1n) is 9.49. The Morgan fingerprint density at radius 2 is 1.90 bits per heavy atom. The Balaban J connectivity index is 1.71. The highest BCUT2D eigenvalue weighted by molar-refractivity contribution is 7.19. The number of thiophene rings is 1. The molecule has 0 saturated carbocycles. The van der Waals surface area contributed by atoms with Gasteiger partial charge in [0, 0.05) is 35.3 Å². The van der Waals surface area contributed by atoms with Crippen molar-refractivity contribution in [2.45, 2.75) is 13.3 Å². The molecule has 0 aliphatic heterocycles. The topological polar surface area (TPSA) is 48.3 Å². The number of carbonyl (C=O) groups is 1. The molecule has 0 atom stereocenters. The molecule has 0 saturated heterocycles. The molecule has 0 unspecified atom stereocenters. The van der Waals surface area contributed by atoms with Crippen LogP contribution in [0.25, 0.3) is 21.2 Å². The molecule has 2 aromatic heterocycles. The van der Waals surface area contributed by atoms with Crippen LogP contribution < -0.4 is 5.56 Å². The first-order valence-corrected chi connectivity index (χ1v) is 10.3. The lowest BCUT2D eigenvalue weighted by Crippen LogP contribution is -2.14. The summed E-state index contributed by atoms with van der Waals surface area (Å²) in [5.74, 6) is -0.303. The van der Waals surface area contributed by atoms with Crippen LogP contribution in [0.1, 0.15) is 27.7 Å². The summed E-state index contributed by atoms with van der Waals surface area (Å²) in [4.78, 5) is 25.0. The van der Waals surface area contributed by atoms with Crippen molar-refractivity contribution in [1.82, 2.24) is 4.57 Å². The summed E-state index contributed by atoms with van der Waals surface area (Å²) in [6.45, 7) is 2.16. The number of esters is 1. The van der Waals surface area contributed by atoms with Crippen LogP contribution >= 0.6 is 11.3 Å². The van der Waals surface area contributed by atoms with Crippen molar-refractivity contribution in [2.24, 2.45) is 7.05 Å². The highest BCUT2D eigenvalue weighted by Gasteiger charge is 2.12. The lowest BCUT2D eigenvalue weighted by molar-refractivity contribution is 0.0526. The molecular weight excluding hydrogens is 382 g/mol. The number of rotatable bonds is 5. The van der Waals surface area contributed by atoms with E-state index in [1.807, 2.05) is 36.5 Å². The Morgan fingerprint density at radius 1 is 1.07 bits per heavy atom. The predicted molar refractivity (Wildman–Crippen MR) is 118 cm³/mol. The summed E-state index contributed by atoms with van der Waals surface area (Å²) in [7, 11) is 1.77. The van der Waals surface area contributed by atoms with E-state index in [9.17, 15) is 9.59 Å². The second-order valence-corrected chi connectivity index (χ2v) is 8.04. The van der Waals surface area contributed by atoms with Gasteiger partial charge < -0.3 is 9.30 Å². The summed E-state index contributed by atoms with van der Waals surface area (Å²) >= 11 is 1.74. The van der Waals surface area contributed by atoms with E-state index in [1.54, 1.807) is 42.0 Å². The van der Waals surface area contributed by atoms with Crippen molar-refractivity contribution in [3.63, 3.8) is 0 Å². The molecule has 0 N–H and O–H groups in total. The summed E-state index contributed by atoms with van der Waals surface area (Å²) in [6.07, 6.45) is 2.66. The number of hydrogen-bond acceptors (Lipinski definition) is 4.